The second-order valence-corrected chi connectivity index (χ2v) is 12.7. The van der Waals surface area contributed by atoms with Gasteiger partial charge in [-0.2, -0.15) is 10.2 Å². The average molecular weight is 604 g/mol. The molecule has 2 aliphatic rings. The summed E-state index contributed by atoms with van der Waals surface area (Å²) in [6.45, 7) is 7.43. The van der Waals surface area contributed by atoms with E-state index in [1.54, 1.807) is 49.4 Å². The summed E-state index contributed by atoms with van der Waals surface area (Å²) in [6.07, 6.45) is -0.609. The van der Waals surface area contributed by atoms with Gasteiger partial charge in [-0.25, -0.2) is 14.1 Å². The molecular weight excluding hydrogens is 565 g/mol. The van der Waals surface area contributed by atoms with Gasteiger partial charge in [0.2, 0.25) is 0 Å². The lowest BCUT2D eigenvalue weighted by Gasteiger charge is -2.27. The number of rotatable bonds is 12. The number of fused-ring (bicyclic) bond motifs is 1. The molecule has 1 saturated heterocycles. The van der Waals surface area contributed by atoms with E-state index in [0.29, 0.717) is 11.2 Å². The van der Waals surface area contributed by atoms with Gasteiger partial charge in [0.25, 0.3) is 0 Å². The second kappa shape index (κ2) is 11.6. The van der Waals surface area contributed by atoms with Gasteiger partial charge in [0.05, 0.1) is 12.3 Å². The van der Waals surface area contributed by atoms with E-state index in [2.05, 4.69) is 15.2 Å². The predicted octanol–water partition coefficient (Wildman–Crippen LogP) is 2.95. The first kappa shape index (κ1) is 30.4. The van der Waals surface area contributed by atoms with Gasteiger partial charge in [0.1, 0.15) is 53.1 Å². The number of para-hydroxylation sites is 1. The molecule has 2 unspecified atom stereocenters. The SMILES string of the molecule is CCC(CC)COC(=O)[C@H](C)NP(=O)(Oc1ccccc1)O[C@@H]1CC12O[C@@](C)(c1ccc3c(N)ncnn13)[C@H](O)[C@@H]2O. The predicted molar refractivity (Wildman–Crippen MR) is 152 cm³/mol. The van der Waals surface area contributed by atoms with Crippen molar-refractivity contribution in [3.05, 3.63) is 54.5 Å². The number of carbonyl (C=O) groups is 1. The molecule has 1 aromatic carbocycles. The topological polar surface area (TPSA) is 180 Å². The number of esters is 1. The molecule has 228 valence electrons. The van der Waals surface area contributed by atoms with Crippen molar-refractivity contribution in [1.29, 1.82) is 0 Å². The number of hydrogen-bond donors (Lipinski definition) is 4. The third-order valence-electron chi connectivity index (χ3n) is 8.20. The van der Waals surface area contributed by atoms with Gasteiger partial charge in [-0.15, -0.1) is 0 Å². The summed E-state index contributed by atoms with van der Waals surface area (Å²) < 4.78 is 39.2. The lowest BCUT2D eigenvalue weighted by molar-refractivity contribution is -0.146. The number of nitrogen functional groups attached to an aromatic ring is 1. The molecule has 3 heterocycles. The van der Waals surface area contributed by atoms with Crippen LogP contribution in [-0.4, -0.2) is 67.3 Å². The van der Waals surface area contributed by atoms with Crippen LogP contribution in [0.25, 0.3) is 5.52 Å². The van der Waals surface area contributed by atoms with Gasteiger partial charge in [-0.1, -0.05) is 44.9 Å². The lowest BCUT2D eigenvalue weighted by atomic mass is 9.93. The Morgan fingerprint density at radius 1 is 1.21 bits per heavy atom. The van der Waals surface area contributed by atoms with Gasteiger partial charge < -0.3 is 29.9 Å². The Kier molecular flexibility index (Phi) is 8.36. The number of nitrogens with one attached hydrogen (secondary N) is 1. The summed E-state index contributed by atoms with van der Waals surface area (Å²) >= 11 is 0. The zero-order valence-electron chi connectivity index (χ0n) is 24.0. The van der Waals surface area contributed by atoms with Crippen LogP contribution in [0.3, 0.4) is 0 Å². The van der Waals surface area contributed by atoms with Crippen molar-refractivity contribution in [2.45, 2.75) is 82.5 Å². The maximum atomic E-state index is 14.1. The molecule has 1 spiro atoms. The molecule has 2 aromatic heterocycles. The van der Waals surface area contributed by atoms with Crippen molar-refractivity contribution in [2.24, 2.45) is 5.92 Å². The minimum Gasteiger partial charge on any atom is -0.464 e. The number of nitrogens with zero attached hydrogens (tertiary/aromatic N) is 3. The van der Waals surface area contributed by atoms with Crippen LogP contribution in [0.2, 0.25) is 0 Å². The van der Waals surface area contributed by atoms with Crippen molar-refractivity contribution >= 4 is 25.1 Å². The summed E-state index contributed by atoms with van der Waals surface area (Å²) in [7, 11) is -4.24. The Balaban J connectivity index is 1.36. The molecule has 42 heavy (non-hydrogen) atoms. The highest BCUT2D eigenvalue weighted by Gasteiger charge is 2.74. The number of aliphatic hydroxyl groups excluding tert-OH is 2. The number of hydrogen-bond acceptors (Lipinski definition) is 11. The molecule has 0 radical (unpaired) electrons. The van der Waals surface area contributed by atoms with Crippen LogP contribution in [0.15, 0.2) is 48.8 Å². The molecule has 14 heteroatoms. The molecular formula is C28H38N5O8P. The number of nitrogens with two attached hydrogens (primary N) is 1. The molecule has 1 saturated carbocycles. The number of aliphatic hydroxyl groups is 2. The third kappa shape index (κ3) is 5.52. The Labute approximate surface area is 243 Å². The van der Waals surface area contributed by atoms with Crippen LogP contribution in [-0.2, 0) is 29.0 Å². The van der Waals surface area contributed by atoms with Crippen LogP contribution in [0.4, 0.5) is 5.82 Å². The van der Waals surface area contributed by atoms with Gasteiger partial charge in [-0.3, -0.25) is 9.32 Å². The summed E-state index contributed by atoms with van der Waals surface area (Å²) in [5.74, 6) is 0.107. The Morgan fingerprint density at radius 3 is 2.62 bits per heavy atom. The molecule has 5 N–H and O–H groups in total. The van der Waals surface area contributed by atoms with E-state index in [9.17, 15) is 19.6 Å². The fourth-order valence-electron chi connectivity index (χ4n) is 5.40. The second-order valence-electron chi connectivity index (χ2n) is 11.1. The smallest absolute Gasteiger partial charge is 0.459 e. The Morgan fingerprint density at radius 2 is 1.93 bits per heavy atom. The number of carbonyl (C=O) groups excluding carboxylic acids is 1. The lowest BCUT2D eigenvalue weighted by Crippen LogP contribution is -2.40. The monoisotopic (exact) mass is 603 g/mol. The standard InChI is InChI=1S/C28H38N5O8P/c1-5-18(6-2)15-38-26(36)17(3)32-42(37,39-19-10-8-7-9-11-19)40-22-14-28(22)24(35)23(34)27(4,41-28)21-13-12-20-25(29)30-16-31-33(20)21/h7-13,16-18,22-24,34-35H,5-6,14-15H2,1-4H3,(H,32,37)(H2,29,30,31)/t17-,22+,23+,24-,27-,28?,42?/m0/s1. The van der Waals surface area contributed by atoms with E-state index in [0.717, 1.165) is 12.8 Å². The molecule has 2 fully saturated rings. The summed E-state index contributed by atoms with van der Waals surface area (Å²) in [5.41, 5.74) is 4.11. The largest absolute Gasteiger partial charge is 0.464 e. The first-order valence-corrected chi connectivity index (χ1v) is 15.6. The highest BCUT2D eigenvalue weighted by atomic mass is 31.2. The van der Waals surface area contributed by atoms with Crippen molar-refractivity contribution in [3.8, 4) is 5.75 Å². The number of anilines is 1. The zero-order chi connectivity index (χ0) is 30.3. The number of benzene rings is 1. The van der Waals surface area contributed by atoms with Crippen LogP contribution < -0.4 is 15.3 Å². The first-order valence-electron chi connectivity index (χ1n) is 14.1. The van der Waals surface area contributed by atoms with E-state index >= 15 is 0 Å². The van der Waals surface area contributed by atoms with Crippen molar-refractivity contribution in [2.75, 3.05) is 12.3 Å². The summed E-state index contributed by atoms with van der Waals surface area (Å²) in [6, 6.07) is 10.7. The van der Waals surface area contributed by atoms with Crippen LogP contribution >= 0.6 is 7.75 Å². The molecule has 0 bridgehead atoms. The third-order valence-corrected chi connectivity index (χ3v) is 9.89. The van der Waals surface area contributed by atoms with E-state index in [1.165, 1.54) is 17.8 Å². The molecule has 0 amide bonds. The normalized spacial score (nSPS) is 29.1. The summed E-state index contributed by atoms with van der Waals surface area (Å²) in [5, 5.41) is 29.3. The quantitative estimate of drug-likeness (QED) is 0.176. The van der Waals surface area contributed by atoms with Gasteiger partial charge >= 0.3 is 13.7 Å². The van der Waals surface area contributed by atoms with Crippen LogP contribution in [0.5, 0.6) is 5.75 Å². The van der Waals surface area contributed by atoms with Crippen molar-refractivity contribution in [1.82, 2.24) is 19.7 Å². The zero-order valence-corrected chi connectivity index (χ0v) is 24.9. The molecule has 3 aromatic rings. The van der Waals surface area contributed by atoms with Crippen molar-refractivity contribution in [3.63, 3.8) is 0 Å². The maximum absolute atomic E-state index is 14.1. The van der Waals surface area contributed by atoms with Gasteiger partial charge in [-0.05, 0) is 44.0 Å². The maximum Gasteiger partial charge on any atom is 0.459 e. The Hall–Kier alpha value is -3.06. The van der Waals surface area contributed by atoms with Gasteiger partial charge in [0.15, 0.2) is 5.82 Å². The fraction of sp³-hybridized carbons (Fsp3) is 0.536. The minimum absolute atomic E-state index is 0.110. The van der Waals surface area contributed by atoms with Gasteiger partial charge in [0, 0.05) is 6.42 Å². The van der Waals surface area contributed by atoms with E-state index in [1.807, 2.05) is 13.8 Å². The Bertz CT molecular complexity index is 1470. The summed E-state index contributed by atoms with van der Waals surface area (Å²) in [4.78, 5) is 16.8. The van der Waals surface area contributed by atoms with Crippen LogP contribution in [0, 0.1) is 5.92 Å². The van der Waals surface area contributed by atoms with E-state index in [-0.39, 0.29) is 30.5 Å². The van der Waals surface area contributed by atoms with E-state index < -0.39 is 49.3 Å². The molecule has 13 nitrogen and oxygen atoms in total. The average Bonchev–Trinajstić information content (AvgIpc) is 3.35. The number of ether oxygens (including phenoxy) is 2. The highest BCUT2D eigenvalue weighted by Crippen LogP contribution is 2.62. The van der Waals surface area contributed by atoms with Crippen molar-refractivity contribution < 1.29 is 38.1 Å². The van der Waals surface area contributed by atoms with E-state index in [4.69, 9.17) is 24.3 Å². The minimum atomic E-state index is -4.24. The number of aromatic nitrogens is 3. The fourth-order valence-corrected chi connectivity index (χ4v) is 7.12. The molecule has 1 aliphatic carbocycles. The molecule has 7 atom stereocenters. The first-order chi connectivity index (χ1) is 20.0. The molecule has 1 aliphatic heterocycles. The molecule has 5 rings (SSSR count). The van der Waals surface area contributed by atoms with Crippen LogP contribution in [0.1, 0.15) is 52.7 Å². The highest BCUT2D eigenvalue weighted by molar-refractivity contribution is 7.52.